The molecule has 0 bridgehead atoms. The second-order valence-corrected chi connectivity index (χ2v) is 5.57. The SMILES string of the molecule is CCSc1ccc(C(F)(F)C2CCCN2)cc1. The molecule has 1 N–H and O–H groups in total. The van der Waals surface area contributed by atoms with Gasteiger partial charge in [0.15, 0.2) is 0 Å². The van der Waals surface area contributed by atoms with E-state index in [2.05, 4.69) is 12.2 Å². The van der Waals surface area contributed by atoms with Crippen LogP contribution in [-0.2, 0) is 5.92 Å². The molecule has 94 valence electrons. The lowest BCUT2D eigenvalue weighted by atomic mass is 10.00. The molecule has 0 saturated carbocycles. The number of benzene rings is 1. The Labute approximate surface area is 105 Å². The molecule has 1 aliphatic heterocycles. The smallest absolute Gasteiger partial charge is 0.288 e. The Morgan fingerprint density at radius 1 is 1.35 bits per heavy atom. The van der Waals surface area contributed by atoms with Gasteiger partial charge in [0.25, 0.3) is 5.92 Å². The van der Waals surface area contributed by atoms with Crippen molar-refractivity contribution in [2.45, 2.75) is 36.6 Å². The Kier molecular flexibility index (Phi) is 4.05. The molecule has 1 aromatic carbocycles. The first kappa shape index (κ1) is 12.8. The molecule has 1 fully saturated rings. The molecule has 0 aliphatic carbocycles. The Balaban J connectivity index is 2.14. The maximum atomic E-state index is 14.1. The van der Waals surface area contributed by atoms with E-state index in [1.54, 1.807) is 36.0 Å². The van der Waals surface area contributed by atoms with Gasteiger partial charge < -0.3 is 5.32 Å². The third kappa shape index (κ3) is 2.80. The number of thioether (sulfide) groups is 1. The molecule has 1 nitrogen and oxygen atoms in total. The highest BCUT2D eigenvalue weighted by Gasteiger charge is 2.42. The van der Waals surface area contributed by atoms with Gasteiger partial charge in [0.2, 0.25) is 0 Å². The van der Waals surface area contributed by atoms with E-state index >= 15 is 0 Å². The molecule has 0 amide bonds. The van der Waals surface area contributed by atoms with Crippen LogP contribution in [0.3, 0.4) is 0 Å². The Morgan fingerprint density at radius 3 is 2.59 bits per heavy atom. The summed E-state index contributed by atoms with van der Waals surface area (Å²) in [5, 5.41) is 2.88. The fraction of sp³-hybridized carbons (Fsp3) is 0.538. The van der Waals surface area contributed by atoms with Gasteiger partial charge in [-0.25, -0.2) is 0 Å². The molecule has 1 aliphatic rings. The molecule has 0 aromatic heterocycles. The average molecular weight is 257 g/mol. The molecule has 1 atom stereocenters. The van der Waals surface area contributed by atoms with Crippen molar-refractivity contribution >= 4 is 11.8 Å². The summed E-state index contributed by atoms with van der Waals surface area (Å²) in [4.78, 5) is 1.05. The molecule has 0 radical (unpaired) electrons. The van der Waals surface area contributed by atoms with E-state index in [4.69, 9.17) is 0 Å². The number of hydrogen-bond donors (Lipinski definition) is 1. The lowest BCUT2D eigenvalue weighted by molar-refractivity contribution is -0.0376. The van der Waals surface area contributed by atoms with Gasteiger partial charge in [-0.1, -0.05) is 19.1 Å². The van der Waals surface area contributed by atoms with Crippen molar-refractivity contribution in [1.29, 1.82) is 0 Å². The van der Waals surface area contributed by atoms with Crippen molar-refractivity contribution in [1.82, 2.24) is 5.32 Å². The van der Waals surface area contributed by atoms with Gasteiger partial charge in [0.05, 0.1) is 6.04 Å². The standard InChI is InChI=1S/C13H17F2NS/c1-2-17-11-7-5-10(6-8-11)13(14,15)12-4-3-9-16-12/h5-8,12,16H,2-4,9H2,1H3. The van der Waals surface area contributed by atoms with E-state index in [1.807, 2.05) is 0 Å². The Hall–Kier alpha value is -0.610. The van der Waals surface area contributed by atoms with Crippen LogP contribution in [0.25, 0.3) is 0 Å². The number of hydrogen-bond acceptors (Lipinski definition) is 2. The summed E-state index contributed by atoms with van der Waals surface area (Å²) in [6, 6.07) is 5.97. The van der Waals surface area contributed by atoms with Crippen LogP contribution in [0.5, 0.6) is 0 Å². The molecule has 1 aromatic rings. The largest absolute Gasteiger partial charge is 0.308 e. The van der Waals surface area contributed by atoms with Crippen LogP contribution in [-0.4, -0.2) is 18.3 Å². The Bertz CT molecular complexity index is 358. The van der Waals surface area contributed by atoms with E-state index in [-0.39, 0.29) is 5.56 Å². The van der Waals surface area contributed by atoms with Crippen LogP contribution >= 0.6 is 11.8 Å². The predicted octanol–water partition coefficient (Wildman–Crippen LogP) is 3.64. The van der Waals surface area contributed by atoms with Crippen LogP contribution in [0.15, 0.2) is 29.2 Å². The van der Waals surface area contributed by atoms with Crippen molar-refractivity contribution in [3.8, 4) is 0 Å². The van der Waals surface area contributed by atoms with Crippen molar-refractivity contribution in [3.63, 3.8) is 0 Å². The molecule has 1 unspecified atom stereocenters. The first-order chi connectivity index (χ1) is 8.14. The minimum atomic E-state index is -2.76. The van der Waals surface area contributed by atoms with Gasteiger partial charge in [-0.3, -0.25) is 0 Å². The quantitative estimate of drug-likeness (QED) is 0.826. The zero-order valence-electron chi connectivity index (χ0n) is 9.88. The summed E-state index contributed by atoms with van der Waals surface area (Å²) in [5.41, 5.74) is 0.123. The first-order valence-corrected chi connectivity index (χ1v) is 6.97. The van der Waals surface area contributed by atoms with Gasteiger partial charge in [-0.05, 0) is 37.3 Å². The molecular formula is C13H17F2NS. The minimum absolute atomic E-state index is 0.123. The lowest BCUT2D eigenvalue weighted by Gasteiger charge is -2.23. The van der Waals surface area contributed by atoms with Crippen LogP contribution in [0.1, 0.15) is 25.3 Å². The van der Waals surface area contributed by atoms with Crippen LogP contribution in [0, 0.1) is 0 Å². The zero-order valence-corrected chi connectivity index (χ0v) is 10.7. The zero-order chi connectivity index (χ0) is 12.3. The van der Waals surface area contributed by atoms with E-state index in [9.17, 15) is 8.78 Å². The number of alkyl halides is 2. The third-order valence-electron chi connectivity index (χ3n) is 3.05. The molecule has 1 heterocycles. The molecule has 0 spiro atoms. The van der Waals surface area contributed by atoms with Gasteiger partial charge >= 0.3 is 0 Å². The summed E-state index contributed by atoms with van der Waals surface area (Å²) in [5.74, 6) is -1.80. The lowest BCUT2D eigenvalue weighted by Crippen LogP contribution is -2.38. The number of halogens is 2. The van der Waals surface area contributed by atoms with Crippen molar-refractivity contribution < 1.29 is 8.78 Å². The van der Waals surface area contributed by atoms with Gasteiger partial charge in [0.1, 0.15) is 0 Å². The topological polar surface area (TPSA) is 12.0 Å². The van der Waals surface area contributed by atoms with Crippen molar-refractivity contribution in [2.24, 2.45) is 0 Å². The summed E-state index contributed by atoms with van der Waals surface area (Å²) >= 11 is 1.67. The van der Waals surface area contributed by atoms with Gasteiger partial charge in [0, 0.05) is 10.5 Å². The van der Waals surface area contributed by atoms with Gasteiger partial charge in [-0.15, -0.1) is 11.8 Å². The summed E-state index contributed by atoms with van der Waals surface area (Å²) in [6.45, 7) is 2.75. The Morgan fingerprint density at radius 2 is 2.06 bits per heavy atom. The maximum Gasteiger partial charge on any atom is 0.288 e. The average Bonchev–Trinajstić information content (AvgIpc) is 2.84. The fourth-order valence-corrected chi connectivity index (χ4v) is 2.80. The maximum absolute atomic E-state index is 14.1. The second kappa shape index (κ2) is 5.36. The monoisotopic (exact) mass is 257 g/mol. The van der Waals surface area contributed by atoms with Crippen LogP contribution < -0.4 is 5.32 Å². The van der Waals surface area contributed by atoms with E-state index in [1.165, 1.54) is 0 Å². The highest BCUT2D eigenvalue weighted by Crippen LogP contribution is 2.36. The minimum Gasteiger partial charge on any atom is -0.308 e. The molecule has 1 saturated heterocycles. The summed E-state index contributed by atoms with van der Waals surface area (Å²) in [6.07, 6.45) is 1.39. The van der Waals surface area contributed by atoms with Gasteiger partial charge in [-0.2, -0.15) is 8.78 Å². The van der Waals surface area contributed by atoms with Crippen LogP contribution in [0.2, 0.25) is 0 Å². The number of rotatable bonds is 4. The molecule has 4 heteroatoms. The highest BCUT2D eigenvalue weighted by molar-refractivity contribution is 7.99. The summed E-state index contributed by atoms with van der Waals surface area (Å²) in [7, 11) is 0. The van der Waals surface area contributed by atoms with E-state index in [0.717, 1.165) is 17.1 Å². The second-order valence-electron chi connectivity index (χ2n) is 4.23. The fourth-order valence-electron chi connectivity index (χ4n) is 2.14. The third-order valence-corrected chi connectivity index (χ3v) is 3.94. The van der Waals surface area contributed by atoms with E-state index < -0.39 is 12.0 Å². The molecule has 2 rings (SSSR count). The van der Waals surface area contributed by atoms with Crippen molar-refractivity contribution in [2.75, 3.05) is 12.3 Å². The normalized spacial score (nSPS) is 20.8. The predicted molar refractivity (Wildman–Crippen MR) is 67.8 cm³/mol. The highest BCUT2D eigenvalue weighted by atomic mass is 32.2. The number of nitrogens with one attached hydrogen (secondary N) is 1. The summed E-state index contributed by atoms with van der Waals surface area (Å²) < 4.78 is 28.2. The van der Waals surface area contributed by atoms with Crippen molar-refractivity contribution in [3.05, 3.63) is 29.8 Å². The van der Waals surface area contributed by atoms with Crippen LogP contribution in [0.4, 0.5) is 8.78 Å². The molecule has 17 heavy (non-hydrogen) atoms. The first-order valence-electron chi connectivity index (χ1n) is 5.99. The molecular weight excluding hydrogens is 240 g/mol. The van der Waals surface area contributed by atoms with E-state index in [0.29, 0.717) is 13.0 Å².